The molecule has 0 bridgehead atoms. The number of hydrogen-bond acceptors (Lipinski definition) is 4. The summed E-state index contributed by atoms with van der Waals surface area (Å²) in [6.45, 7) is 6.80. The molecule has 1 rings (SSSR count). The number of carbonyl (C=O) groups is 1. The van der Waals surface area contributed by atoms with Crippen LogP contribution in [0.25, 0.3) is 0 Å². The third kappa shape index (κ3) is 4.67. The predicted octanol–water partition coefficient (Wildman–Crippen LogP) is 1.14. The van der Waals surface area contributed by atoms with Gasteiger partial charge in [-0.3, -0.25) is 4.79 Å². The van der Waals surface area contributed by atoms with Crippen LogP contribution < -0.4 is 11.1 Å². The molecule has 0 aliphatic rings. The molecule has 1 aromatic rings. The van der Waals surface area contributed by atoms with Gasteiger partial charge in [0.05, 0.1) is 4.90 Å². The van der Waals surface area contributed by atoms with E-state index in [0.717, 1.165) is 5.56 Å². The maximum atomic E-state index is 12.5. The first-order valence-electron chi connectivity index (χ1n) is 6.97. The van der Waals surface area contributed by atoms with Gasteiger partial charge in [0, 0.05) is 31.7 Å². The summed E-state index contributed by atoms with van der Waals surface area (Å²) < 4.78 is 26.3. The van der Waals surface area contributed by atoms with Crippen LogP contribution in [-0.4, -0.2) is 44.8 Å². The number of aryl methyl sites for hydroxylation is 1. The molecule has 8 heteroatoms. The maximum absolute atomic E-state index is 12.5. The topological polar surface area (TPSA) is 92.5 Å². The number of halogens is 1. The lowest BCUT2D eigenvalue weighted by Crippen LogP contribution is -2.32. The van der Waals surface area contributed by atoms with Crippen molar-refractivity contribution in [2.75, 3.05) is 26.2 Å². The van der Waals surface area contributed by atoms with E-state index in [1.807, 2.05) is 0 Å². The van der Waals surface area contributed by atoms with Crippen molar-refractivity contribution in [3.8, 4) is 0 Å². The first-order valence-corrected chi connectivity index (χ1v) is 8.41. The summed E-state index contributed by atoms with van der Waals surface area (Å²) in [4.78, 5) is 12.2. The molecule has 22 heavy (non-hydrogen) atoms. The number of nitrogens with two attached hydrogens (primary N) is 1. The van der Waals surface area contributed by atoms with Crippen molar-refractivity contribution in [3.05, 3.63) is 29.3 Å². The number of benzene rings is 1. The fourth-order valence-corrected chi connectivity index (χ4v) is 3.48. The minimum atomic E-state index is -3.57. The number of sulfonamides is 1. The second-order valence-corrected chi connectivity index (χ2v) is 6.55. The monoisotopic (exact) mass is 349 g/mol. The minimum Gasteiger partial charge on any atom is -0.351 e. The molecule has 0 spiro atoms. The zero-order chi connectivity index (χ0) is 16.0. The second-order valence-electron chi connectivity index (χ2n) is 4.61. The smallest absolute Gasteiger partial charge is 0.251 e. The molecule has 126 valence electrons. The molecule has 0 heterocycles. The predicted molar refractivity (Wildman–Crippen MR) is 89.9 cm³/mol. The lowest BCUT2D eigenvalue weighted by Gasteiger charge is -2.19. The minimum absolute atomic E-state index is 0. The van der Waals surface area contributed by atoms with Crippen molar-refractivity contribution in [2.45, 2.75) is 25.7 Å². The molecule has 0 fully saturated rings. The average molecular weight is 350 g/mol. The Morgan fingerprint density at radius 2 is 1.86 bits per heavy atom. The van der Waals surface area contributed by atoms with Crippen LogP contribution in [-0.2, 0) is 10.0 Å². The van der Waals surface area contributed by atoms with Gasteiger partial charge in [-0.1, -0.05) is 19.9 Å². The molecular weight excluding hydrogens is 326 g/mol. The highest BCUT2D eigenvalue weighted by molar-refractivity contribution is 7.89. The van der Waals surface area contributed by atoms with Crippen LogP contribution in [0.5, 0.6) is 0 Å². The van der Waals surface area contributed by atoms with Crippen LogP contribution >= 0.6 is 12.4 Å². The Balaban J connectivity index is 0.00000441. The summed E-state index contributed by atoms with van der Waals surface area (Å²) in [6.07, 6.45) is 0. The van der Waals surface area contributed by atoms with E-state index in [0.29, 0.717) is 31.7 Å². The van der Waals surface area contributed by atoms with Crippen LogP contribution in [0.4, 0.5) is 0 Å². The molecule has 3 N–H and O–H groups in total. The summed E-state index contributed by atoms with van der Waals surface area (Å²) in [5.41, 5.74) is 6.43. The summed E-state index contributed by atoms with van der Waals surface area (Å²) in [7, 11) is -3.57. The number of carbonyl (C=O) groups excluding carboxylic acids is 1. The molecule has 6 nitrogen and oxygen atoms in total. The zero-order valence-electron chi connectivity index (χ0n) is 13.1. The Kier molecular flexibility index (Phi) is 8.62. The molecule has 0 aliphatic heterocycles. The van der Waals surface area contributed by atoms with Crippen LogP contribution in [0.2, 0.25) is 0 Å². The first-order chi connectivity index (χ1) is 9.88. The van der Waals surface area contributed by atoms with Gasteiger partial charge in [0.25, 0.3) is 5.91 Å². The van der Waals surface area contributed by atoms with E-state index in [1.165, 1.54) is 16.4 Å². The molecule has 0 saturated heterocycles. The number of amides is 1. The summed E-state index contributed by atoms with van der Waals surface area (Å²) >= 11 is 0. The highest BCUT2D eigenvalue weighted by Gasteiger charge is 2.23. The highest BCUT2D eigenvalue weighted by Crippen LogP contribution is 2.19. The van der Waals surface area contributed by atoms with Gasteiger partial charge in [-0.15, -0.1) is 12.4 Å². The molecule has 1 amide bonds. The van der Waals surface area contributed by atoms with E-state index in [4.69, 9.17) is 5.73 Å². The highest BCUT2D eigenvalue weighted by atomic mass is 35.5. The van der Waals surface area contributed by atoms with E-state index in [9.17, 15) is 13.2 Å². The van der Waals surface area contributed by atoms with Crippen molar-refractivity contribution in [1.82, 2.24) is 9.62 Å². The molecule has 0 aliphatic carbocycles. The molecular formula is C14H24ClN3O3S. The van der Waals surface area contributed by atoms with Gasteiger partial charge >= 0.3 is 0 Å². The Bertz CT molecular complexity index is 601. The molecule has 0 atom stereocenters. The molecule has 0 aromatic heterocycles. The Hall–Kier alpha value is -1.15. The van der Waals surface area contributed by atoms with E-state index in [1.54, 1.807) is 26.8 Å². The van der Waals surface area contributed by atoms with Crippen LogP contribution in [0, 0.1) is 6.92 Å². The third-order valence-corrected chi connectivity index (χ3v) is 5.27. The molecule has 0 unspecified atom stereocenters. The molecule has 0 radical (unpaired) electrons. The van der Waals surface area contributed by atoms with E-state index in [2.05, 4.69) is 5.32 Å². The van der Waals surface area contributed by atoms with Gasteiger partial charge in [0.1, 0.15) is 0 Å². The lowest BCUT2D eigenvalue weighted by atomic mass is 10.1. The first kappa shape index (κ1) is 20.9. The van der Waals surface area contributed by atoms with Crippen LogP contribution in [0.3, 0.4) is 0 Å². The van der Waals surface area contributed by atoms with E-state index >= 15 is 0 Å². The summed E-state index contributed by atoms with van der Waals surface area (Å²) in [5.74, 6) is -0.311. The second kappa shape index (κ2) is 9.09. The van der Waals surface area contributed by atoms with E-state index < -0.39 is 10.0 Å². The SMILES string of the molecule is CCN(CC)S(=O)(=O)c1ccc(C)c(C(=O)NCCN)c1.Cl. The van der Waals surface area contributed by atoms with Crippen LogP contribution in [0.1, 0.15) is 29.8 Å². The third-order valence-electron chi connectivity index (χ3n) is 3.23. The van der Waals surface area contributed by atoms with Gasteiger partial charge in [0.2, 0.25) is 10.0 Å². The number of nitrogens with one attached hydrogen (secondary N) is 1. The Morgan fingerprint density at radius 3 is 2.36 bits per heavy atom. The summed E-state index contributed by atoms with van der Waals surface area (Å²) in [6, 6.07) is 4.60. The number of rotatable bonds is 7. The number of hydrogen-bond donors (Lipinski definition) is 2. The van der Waals surface area contributed by atoms with Gasteiger partial charge in [0.15, 0.2) is 0 Å². The normalized spacial score (nSPS) is 11.1. The molecule has 0 saturated carbocycles. The number of nitrogens with zero attached hydrogens (tertiary/aromatic N) is 1. The molecule has 1 aromatic carbocycles. The fraction of sp³-hybridized carbons (Fsp3) is 0.500. The standard InChI is InChI=1S/C14H23N3O3S.ClH/c1-4-17(5-2)21(19,20)12-7-6-11(3)13(10-12)14(18)16-9-8-15;/h6-7,10H,4-5,8-9,15H2,1-3H3,(H,16,18);1H. The lowest BCUT2D eigenvalue weighted by molar-refractivity contribution is 0.0954. The quantitative estimate of drug-likeness (QED) is 0.772. The summed E-state index contributed by atoms with van der Waals surface area (Å²) in [5, 5.41) is 2.65. The van der Waals surface area contributed by atoms with Gasteiger partial charge in [-0.2, -0.15) is 4.31 Å². The van der Waals surface area contributed by atoms with Crippen molar-refractivity contribution < 1.29 is 13.2 Å². The van der Waals surface area contributed by atoms with Gasteiger partial charge in [-0.05, 0) is 24.6 Å². The Labute approximate surface area is 138 Å². The Morgan fingerprint density at radius 1 is 1.27 bits per heavy atom. The van der Waals surface area contributed by atoms with Crippen LogP contribution in [0.15, 0.2) is 23.1 Å². The van der Waals surface area contributed by atoms with Crippen molar-refractivity contribution in [2.24, 2.45) is 5.73 Å². The van der Waals surface area contributed by atoms with Gasteiger partial charge in [-0.25, -0.2) is 8.42 Å². The fourth-order valence-electron chi connectivity index (χ4n) is 2.00. The van der Waals surface area contributed by atoms with Crippen molar-refractivity contribution in [1.29, 1.82) is 0 Å². The van der Waals surface area contributed by atoms with Crippen molar-refractivity contribution >= 4 is 28.3 Å². The van der Waals surface area contributed by atoms with Crippen molar-refractivity contribution in [3.63, 3.8) is 0 Å². The largest absolute Gasteiger partial charge is 0.351 e. The van der Waals surface area contributed by atoms with E-state index in [-0.39, 0.29) is 23.2 Å². The maximum Gasteiger partial charge on any atom is 0.251 e. The van der Waals surface area contributed by atoms with Gasteiger partial charge < -0.3 is 11.1 Å². The average Bonchev–Trinajstić information content (AvgIpc) is 2.46. The zero-order valence-corrected chi connectivity index (χ0v) is 14.8.